The molecule has 1 unspecified atom stereocenters. The Morgan fingerprint density at radius 3 is 2.41 bits per heavy atom. The molecule has 0 bridgehead atoms. The molecule has 1 aliphatic rings. The Hall–Kier alpha value is -3.82. The van der Waals surface area contributed by atoms with E-state index in [1.807, 2.05) is 5.32 Å². The van der Waals surface area contributed by atoms with Gasteiger partial charge in [0.1, 0.15) is 6.10 Å². The molecular weight excluding hydrogens is 559 g/mol. The van der Waals surface area contributed by atoms with Gasteiger partial charge in [-0.05, 0) is 38.5 Å². The summed E-state index contributed by atoms with van der Waals surface area (Å²) in [5.74, 6) is -4.33. The van der Waals surface area contributed by atoms with E-state index in [1.165, 1.54) is 0 Å². The zero-order valence-corrected chi connectivity index (χ0v) is 21.5. The maximum absolute atomic E-state index is 15.1. The molecule has 1 aliphatic heterocycles. The smallest absolute Gasteiger partial charge is 0.427 e. The molecule has 0 aliphatic carbocycles. The van der Waals surface area contributed by atoms with Crippen molar-refractivity contribution in [3.8, 4) is 11.5 Å². The number of carbonyl (C=O) groups excluding carboxylic acids is 1. The number of benzene rings is 2. The van der Waals surface area contributed by atoms with E-state index in [0.717, 1.165) is 31.4 Å². The molecule has 2 aromatic rings. The van der Waals surface area contributed by atoms with E-state index in [-0.39, 0.29) is 6.42 Å². The summed E-state index contributed by atoms with van der Waals surface area (Å²) in [7, 11) is -3.50. The number of hydrogen-bond acceptors (Lipinski definition) is 7. The Kier molecular flexibility index (Phi) is 8.19. The molecule has 0 saturated heterocycles. The summed E-state index contributed by atoms with van der Waals surface area (Å²) in [4.78, 5) is 22.7. The van der Waals surface area contributed by atoms with Gasteiger partial charge in [-0.2, -0.15) is 13.2 Å². The van der Waals surface area contributed by atoms with Crippen LogP contribution >= 0.6 is 0 Å². The minimum atomic E-state index is -4.93. The van der Waals surface area contributed by atoms with Crippen LogP contribution < -0.4 is 19.1 Å². The van der Waals surface area contributed by atoms with Crippen molar-refractivity contribution in [1.82, 2.24) is 0 Å². The Balaban J connectivity index is 2.05. The Morgan fingerprint density at radius 1 is 1.15 bits per heavy atom. The molecule has 0 aromatic heterocycles. The fourth-order valence-corrected chi connectivity index (χ4v) is 4.97. The third-order valence-electron chi connectivity index (χ3n) is 5.61. The van der Waals surface area contributed by atoms with Crippen molar-refractivity contribution < 1.29 is 59.3 Å². The van der Waals surface area contributed by atoms with E-state index >= 15 is 4.39 Å². The first-order valence-electron chi connectivity index (χ1n) is 11.1. The second kappa shape index (κ2) is 10.7. The van der Waals surface area contributed by atoms with Crippen LogP contribution in [-0.2, 0) is 19.6 Å². The fraction of sp³-hybridized carbons (Fsp3) is 0.391. The minimum absolute atomic E-state index is 0.216. The Bertz CT molecular complexity index is 1380. The summed E-state index contributed by atoms with van der Waals surface area (Å²) in [5, 5.41) is 10.9. The highest BCUT2D eigenvalue weighted by Crippen LogP contribution is 2.42. The number of fused-ring (bicyclic) bond motifs is 1. The van der Waals surface area contributed by atoms with E-state index in [4.69, 9.17) is 14.6 Å². The van der Waals surface area contributed by atoms with Crippen LogP contribution in [0.2, 0.25) is 0 Å². The van der Waals surface area contributed by atoms with Crippen molar-refractivity contribution in [2.75, 3.05) is 23.3 Å². The number of hydrogen-bond donors (Lipinski definition) is 2. The van der Waals surface area contributed by atoms with Crippen LogP contribution in [0.1, 0.15) is 26.7 Å². The van der Waals surface area contributed by atoms with Crippen LogP contribution in [0.3, 0.4) is 0 Å². The van der Waals surface area contributed by atoms with Crippen LogP contribution in [0.4, 0.5) is 38.1 Å². The molecule has 39 heavy (non-hydrogen) atoms. The summed E-state index contributed by atoms with van der Waals surface area (Å²) in [5.41, 5.74) is -3.84. The van der Waals surface area contributed by atoms with Gasteiger partial charge in [0.2, 0.25) is 5.60 Å². The summed E-state index contributed by atoms with van der Waals surface area (Å²) < 4.78 is 111. The largest absolute Gasteiger partial charge is 0.494 e. The number of amides is 1. The average Bonchev–Trinajstić information content (AvgIpc) is 2.81. The number of carboxylic acids is 1. The third-order valence-corrected chi connectivity index (χ3v) is 7.39. The van der Waals surface area contributed by atoms with Gasteiger partial charge in [-0.15, -0.1) is 0 Å². The maximum Gasteiger partial charge on any atom is 0.427 e. The van der Waals surface area contributed by atoms with Gasteiger partial charge in [-0.3, -0.25) is 14.4 Å². The highest BCUT2D eigenvalue weighted by atomic mass is 32.2. The number of alkyl halides is 3. The van der Waals surface area contributed by atoms with Crippen molar-refractivity contribution in [1.29, 1.82) is 0 Å². The molecule has 0 saturated carbocycles. The van der Waals surface area contributed by atoms with Crippen molar-refractivity contribution in [2.24, 2.45) is 0 Å². The topological polar surface area (TPSA) is 131 Å². The molecule has 1 heterocycles. The lowest BCUT2D eigenvalue weighted by Gasteiger charge is -2.36. The van der Waals surface area contributed by atoms with Crippen LogP contribution in [0.5, 0.6) is 11.5 Å². The van der Waals surface area contributed by atoms with Gasteiger partial charge in [-0.25, -0.2) is 22.0 Å². The van der Waals surface area contributed by atoms with E-state index in [9.17, 15) is 35.6 Å². The number of aliphatic carboxylic acids is 1. The summed E-state index contributed by atoms with van der Waals surface area (Å²) in [6.07, 6.45) is -8.32. The Labute approximate surface area is 219 Å². The maximum atomic E-state index is 15.1. The number of methoxy groups -OCH3 is 1. The lowest BCUT2D eigenvalue weighted by molar-refractivity contribution is -0.242. The molecule has 2 N–H and O–H groups in total. The Morgan fingerprint density at radius 2 is 1.82 bits per heavy atom. The van der Waals surface area contributed by atoms with Gasteiger partial charge < -0.3 is 19.3 Å². The van der Waals surface area contributed by atoms with E-state index in [2.05, 4.69) is 4.74 Å². The highest BCUT2D eigenvalue weighted by Gasteiger charge is 2.51. The summed E-state index contributed by atoms with van der Waals surface area (Å²) >= 11 is 0. The van der Waals surface area contributed by atoms with Gasteiger partial charge in [0.25, 0.3) is 10.0 Å². The average molecular weight is 583 g/mol. The highest BCUT2D eigenvalue weighted by molar-refractivity contribution is 7.92. The zero-order chi connectivity index (χ0) is 29.3. The minimum Gasteiger partial charge on any atom is -0.494 e. The number of carboxylic acid groups (broad SMARTS) is 1. The van der Waals surface area contributed by atoms with E-state index in [1.54, 1.807) is 0 Å². The van der Waals surface area contributed by atoms with Crippen LogP contribution in [0.15, 0.2) is 35.2 Å². The molecule has 10 nitrogen and oxygen atoms in total. The van der Waals surface area contributed by atoms with Gasteiger partial charge >= 0.3 is 18.2 Å². The van der Waals surface area contributed by atoms with Crippen molar-refractivity contribution in [2.45, 2.75) is 49.5 Å². The predicted octanol–water partition coefficient (Wildman–Crippen LogP) is 4.68. The summed E-state index contributed by atoms with van der Waals surface area (Å²) in [6.45, 7) is 0.670. The van der Waals surface area contributed by atoms with Gasteiger partial charge in [0.15, 0.2) is 23.1 Å². The number of halogens is 5. The lowest BCUT2D eigenvalue weighted by atomic mass is 10.1. The second-order valence-corrected chi connectivity index (χ2v) is 10.7. The molecule has 3 rings (SSSR count). The first-order valence-corrected chi connectivity index (χ1v) is 12.5. The number of sulfonamides is 1. The quantitative estimate of drug-likeness (QED) is 0.429. The van der Waals surface area contributed by atoms with E-state index in [0.29, 0.717) is 24.2 Å². The van der Waals surface area contributed by atoms with Gasteiger partial charge in [-0.1, -0.05) is 0 Å². The molecule has 0 fully saturated rings. The molecule has 0 spiro atoms. The van der Waals surface area contributed by atoms with Crippen LogP contribution in [0, 0.1) is 11.6 Å². The summed E-state index contributed by atoms with van der Waals surface area (Å²) in [6, 6.07) is 4.20. The molecule has 2 aromatic carbocycles. The van der Waals surface area contributed by atoms with Gasteiger partial charge in [0.05, 0.1) is 24.2 Å². The number of anilines is 2. The second-order valence-electron chi connectivity index (χ2n) is 8.83. The van der Waals surface area contributed by atoms with Crippen molar-refractivity contribution in [3.63, 3.8) is 0 Å². The molecule has 214 valence electrons. The third kappa shape index (κ3) is 6.43. The van der Waals surface area contributed by atoms with Crippen LogP contribution in [0.25, 0.3) is 0 Å². The lowest BCUT2D eigenvalue weighted by Crippen LogP contribution is -2.44. The number of carbonyl (C=O) groups is 2. The number of ether oxygens (including phenoxy) is 3. The van der Waals surface area contributed by atoms with Gasteiger partial charge in [0, 0.05) is 24.2 Å². The zero-order valence-electron chi connectivity index (χ0n) is 20.6. The van der Waals surface area contributed by atoms with E-state index < -0.39 is 92.3 Å². The van der Waals surface area contributed by atoms with Crippen molar-refractivity contribution >= 4 is 33.5 Å². The monoisotopic (exact) mass is 582 g/mol. The molecule has 16 heteroatoms. The SMILES string of the molecule is COc1cc(S(=O)(=O)N2CC(CCC(=O)O)Oc3c(F)cc(NC(=O)OC(C)(C)C(F)(F)F)cc32)ccc1F. The number of rotatable bonds is 8. The fourth-order valence-electron chi connectivity index (χ4n) is 3.46. The predicted molar refractivity (Wildman–Crippen MR) is 125 cm³/mol. The standard InChI is InChI=1S/C23H23F5N2O8S/c1-22(2,23(26,27)28)38-21(33)29-12-8-16(25)20-17(9-12)30(11-13(37-20)4-7-19(31)32)39(34,35)14-5-6-15(24)18(10-14)36-3/h5-6,8-10,13H,4,7,11H2,1-3H3,(H,29,33)(H,31,32). The number of nitrogens with one attached hydrogen (secondary N) is 1. The first kappa shape index (κ1) is 29.7. The normalized spacial score (nSPS) is 15.7. The first-order chi connectivity index (χ1) is 18.0. The molecule has 1 atom stereocenters. The van der Waals surface area contributed by atoms with Crippen LogP contribution in [-0.4, -0.2) is 57.1 Å². The molecule has 1 amide bonds. The van der Waals surface area contributed by atoms with Crippen molar-refractivity contribution in [3.05, 3.63) is 42.0 Å². The number of nitrogens with zero attached hydrogens (tertiary/aromatic N) is 1. The molecular formula is C23H23F5N2O8S. The molecule has 0 radical (unpaired) electrons.